The Labute approximate surface area is 204 Å². The third-order valence-corrected chi connectivity index (χ3v) is 6.89. The maximum absolute atomic E-state index is 13.3. The molecule has 1 unspecified atom stereocenters. The molecule has 2 aromatic carbocycles. The smallest absolute Gasteiger partial charge is 0.254 e. The van der Waals surface area contributed by atoms with Crippen molar-refractivity contribution in [3.05, 3.63) is 83.7 Å². The topological polar surface area (TPSA) is 85.1 Å². The fourth-order valence-electron chi connectivity index (χ4n) is 4.81. The maximum atomic E-state index is 13.3. The van der Waals surface area contributed by atoms with Crippen molar-refractivity contribution in [1.29, 1.82) is 0 Å². The number of nitrogens with one attached hydrogen (secondary N) is 1. The van der Waals surface area contributed by atoms with Gasteiger partial charge in [-0.05, 0) is 37.1 Å². The van der Waals surface area contributed by atoms with Crippen molar-refractivity contribution < 1.29 is 9.59 Å². The molecule has 1 N–H and O–H groups in total. The molecule has 1 atom stereocenters. The summed E-state index contributed by atoms with van der Waals surface area (Å²) >= 11 is 0. The number of para-hydroxylation sites is 2. The van der Waals surface area contributed by atoms with Gasteiger partial charge in [0.15, 0.2) is 0 Å². The number of hydrogen-bond donors (Lipinski definition) is 1. The first-order chi connectivity index (χ1) is 17.0. The third kappa shape index (κ3) is 4.69. The van der Waals surface area contributed by atoms with Crippen molar-refractivity contribution in [3.8, 4) is 0 Å². The number of aromatic nitrogens is 4. The van der Waals surface area contributed by atoms with E-state index in [9.17, 15) is 9.59 Å². The molecule has 1 saturated heterocycles. The van der Waals surface area contributed by atoms with Crippen molar-refractivity contribution in [3.63, 3.8) is 0 Å². The first kappa shape index (κ1) is 22.8. The van der Waals surface area contributed by atoms with Crippen LogP contribution in [0.1, 0.15) is 34.0 Å². The summed E-state index contributed by atoms with van der Waals surface area (Å²) < 4.78 is 4.09. The third-order valence-electron chi connectivity index (χ3n) is 6.89. The lowest BCUT2D eigenvalue weighted by Gasteiger charge is -2.19. The predicted octanol–water partition coefficient (Wildman–Crippen LogP) is 2.95. The van der Waals surface area contributed by atoms with Crippen molar-refractivity contribution >= 4 is 22.8 Å². The van der Waals surface area contributed by atoms with Crippen molar-refractivity contribution in [2.75, 3.05) is 19.6 Å². The van der Waals surface area contributed by atoms with Gasteiger partial charge in [0, 0.05) is 57.6 Å². The molecule has 1 fully saturated rings. The van der Waals surface area contributed by atoms with Gasteiger partial charge in [0.25, 0.3) is 5.91 Å². The normalized spacial score (nSPS) is 15.6. The van der Waals surface area contributed by atoms with E-state index in [-0.39, 0.29) is 17.7 Å². The van der Waals surface area contributed by atoms with Gasteiger partial charge in [0.2, 0.25) is 5.91 Å². The van der Waals surface area contributed by atoms with Crippen LogP contribution in [0.5, 0.6) is 0 Å². The predicted molar refractivity (Wildman–Crippen MR) is 134 cm³/mol. The van der Waals surface area contributed by atoms with Crippen LogP contribution < -0.4 is 5.32 Å². The minimum atomic E-state index is -0.192. The molecule has 1 aliphatic rings. The summed E-state index contributed by atoms with van der Waals surface area (Å²) in [6, 6.07) is 15.7. The number of carbonyl (C=O) groups excluding carboxylic acids is 2. The molecule has 8 heteroatoms. The van der Waals surface area contributed by atoms with E-state index in [1.54, 1.807) is 11.1 Å². The molecule has 180 valence electrons. The Kier molecular flexibility index (Phi) is 6.35. The molecular formula is C27H30N6O2. The van der Waals surface area contributed by atoms with Crippen LogP contribution in [-0.4, -0.2) is 55.5 Å². The summed E-state index contributed by atoms with van der Waals surface area (Å²) in [6.45, 7) is 4.08. The number of hydrogen-bond acceptors (Lipinski definition) is 4. The molecule has 2 amide bonds. The number of likely N-dealkylation sites (tertiary alicyclic amines) is 1. The zero-order valence-corrected chi connectivity index (χ0v) is 20.1. The van der Waals surface area contributed by atoms with Gasteiger partial charge in [-0.1, -0.05) is 30.3 Å². The average Bonchev–Trinajstić information content (AvgIpc) is 3.59. The number of rotatable bonds is 7. The summed E-state index contributed by atoms with van der Waals surface area (Å²) in [6.07, 6.45) is 5.01. The van der Waals surface area contributed by atoms with Crippen LogP contribution in [0.3, 0.4) is 0 Å². The summed E-state index contributed by atoms with van der Waals surface area (Å²) in [5, 5.41) is 3.05. The second-order valence-corrected chi connectivity index (χ2v) is 9.11. The van der Waals surface area contributed by atoms with E-state index >= 15 is 0 Å². The standard InChI is InChI=1S/C27H30N6O2/c1-19-28-14-16-32(19)17-20-7-3-4-8-22(20)27(35)33-15-12-21(18-33)26(34)29-13-11-25-30-23-9-5-6-10-24(23)31(25)2/h3-10,14,16,21H,11-13,15,17-18H2,1-2H3,(H,29,34). The van der Waals surface area contributed by atoms with Crippen molar-refractivity contribution in [2.24, 2.45) is 13.0 Å². The van der Waals surface area contributed by atoms with Gasteiger partial charge in [-0.15, -0.1) is 0 Å². The molecule has 0 spiro atoms. The Hall–Kier alpha value is -3.94. The van der Waals surface area contributed by atoms with E-state index in [1.165, 1.54) is 0 Å². The van der Waals surface area contributed by atoms with Gasteiger partial charge >= 0.3 is 0 Å². The average molecular weight is 471 g/mol. The lowest BCUT2D eigenvalue weighted by molar-refractivity contribution is -0.124. The molecule has 0 bridgehead atoms. The summed E-state index contributed by atoms with van der Waals surface area (Å²) in [7, 11) is 2.00. The lowest BCUT2D eigenvalue weighted by atomic mass is 10.1. The monoisotopic (exact) mass is 470 g/mol. The first-order valence-electron chi connectivity index (χ1n) is 12.0. The van der Waals surface area contributed by atoms with Crippen LogP contribution in [0.2, 0.25) is 0 Å². The van der Waals surface area contributed by atoms with Crippen LogP contribution in [-0.2, 0) is 24.8 Å². The minimum Gasteiger partial charge on any atom is -0.355 e. The highest BCUT2D eigenvalue weighted by Gasteiger charge is 2.32. The van der Waals surface area contributed by atoms with Gasteiger partial charge < -0.3 is 19.4 Å². The molecular weight excluding hydrogens is 440 g/mol. The SMILES string of the molecule is Cc1nccn1Cc1ccccc1C(=O)N1CCC(C(=O)NCCc2nc3ccccc3n2C)C1. The van der Waals surface area contributed by atoms with Crippen LogP contribution >= 0.6 is 0 Å². The number of nitrogens with zero attached hydrogens (tertiary/aromatic N) is 5. The van der Waals surface area contributed by atoms with E-state index in [0.29, 0.717) is 44.6 Å². The number of benzene rings is 2. The zero-order chi connectivity index (χ0) is 24.4. The molecule has 1 aliphatic heterocycles. The Morgan fingerprint density at radius 2 is 1.91 bits per heavy atom. The zero-order valence-electron chi connectivity index (χ0n) is 20.1. The molecule has 8 nitrogen and oxygen atoms in total. The number of carbonyl (C=O) groups is 2. The fraction of sp³-hybridized carbons (Fsp3) is 0.333. The number of aryl methyl sites for hydroxylation is 2. The quantitative estimate of drug-likeness (QED) is 0.450. The Balaban J connectivity index is 1.17. The molecule has 0 radical (unpaired) electrons. The first-order valence-corrected chi connectivity index (χ1v) is 12.0. The van der Waals surface area contributed by atoms with Crippen LogP contribution in [0.4, 0.5) is 0 Å². The van der Waals surface area contributed by atoms with Gasteiger partial charge in [-0.3, -0.25) is 9.59 Å². The number of amides is 2. The van der Waals surface area contributed by atoms with Gasteiger partial charge in [-0.2, -0.15) is 0 Å². The summed E-state index contributed by atoms with van der Waals surface area (Å²) in [5.74, 6) is 1.64. The highest BCUT2D eigenvalue weighted by Crippen LogP contribution is 2.22. The molecule has 2 aromatic heterocycles. The van der Waals surface area contributed by atoms with Crippen LogP contribution in [0.15, 0.2) is 60.9 Å². The molecule has 35 heavy (non-hydrogen) atoms. The minimum absolute atomic E-state index is 0.00129. The lowest BCUT2D eigenvalue weighted by Crippen LogP contribution is -2.36. The number of imidazole rings is 2. The molecule has 0 aliphatic carbocycles. The van der Waals surface area contributed by atoms with Crippen molar-refractivity contribution in [2.45, 2.75) is 26.3 Å². The van der Waals surface area contributed by atoms with Gasteiger partial charge in [0.1, 0.15) is 11.6 Å². The highest BCUT2D eigenvalue weighted by atomic mass is 16.2. The number of fused-ring (bicyclic) bond motifs is 1. The van der Waals surface area contributed by atoms with E-state index in [4.69, 9.17) is 0 Å². The Morgan fingerprint density at radius 3 is 2.71 bits per heavy atom. The second-order valence-electron chi connectivity index (χ2n) is 9.11. The molecule has 4 aromatic rings. The largest absolute Gasteiger partial charge is 0.355 e. The van der Waals surface area contributed by atoms with E-state index in [1.807, 2.05) is 73.3 Å². The van der Waals surface area contributed by atoms with Crippen LogP contribution in [0, 0.1) is 12.8 Å². The molecule has 5 rings (SSSR count). The van der Waals surface area contributed by atoms with E-state index in [2.05, 4.69) is 19.9 Å². The Bertz CT molecular complexity index is 1370. The second kappa shape index (κ2) is 9.74. The highest BCUT2D eigenvalue weighted by molar-refractivity contribution is 5.96. The van der Waals surface area contributed by atoms with E-state index in [0.717, 1.165) is 28.2 Å². The molecule has 3 heterocycles. The molecule has 0 saturated carbocycles. The van der Waals surface area contributed by atoms with Gasteiger partial charge in [-0.25, -0.2) is 9.97 Å². The Morgan fingerprint density at radius 1 is 1.11 bits per heavy atom. The summed E-state index contributed by atoms with van der Waals surface area (Å²) in [5.41, 5.74) is 3.68. The fourth-order valence-corrected chi connectivity index (χ4v) is 4.81. The van der Waals surface area contributed by atoms with Crippen molar-refractivity contribution in [1.82, 2.24) is 29.3 Å². The van der Waals surface area contributed by atoms with Gasteiger partial charge in [0.05, 0.1) is 17.0 Å². The van der Waals surface area contributed by atoms with E-state index < -0.39 is 0 Å². The van der Waals surface area contributed by atoms with Crippen LogP contribution in [0.25, 0.3) is 11.0 Å². The summed E-state index contributed by atoms with van der Waals surface area (Å²) in [4.78, 5) is 36.9. The maximum Gasteiger partial charge on any atom is 0.254 e.